The Morgan fingerprint density at radius 3 is 0.447 bits per heavy atom. The molecule has 0 bridgehead atoms. The molecular formula is C60H57F6N27O21S9. The van der Waals surface area contributed by atoms with Crippen LogP contribution >= 0.6 is 0 Å². The first-order valence-corrected chi connectivity index (χ1v) is 48.7. The van der Waals surface area contributed by atoms with E-state index in [1.54, 1.807) is 0 Å². The van der Waals surface area contributed by atoms with Gasteiger partial charge in [0.1, 0.15) is 85.8 Å². The van der Waals surface area contributed by atoms with Crippen molar-refractivity contribution >= 4 is 91.7 Å². The van der Waals surface area contributed by atoms with Crippen LogP contribution in [0.3, 0.4) is 0 Å². The first kappa shape index (κ1) is 88.5. The van der Waals surface area contributed by atoms with Gasteiger partial charge in [-0.1, -0.05) is 46.9 Å². The minimum Gasteiger partial charge on any atom is -0.382 e. The molecule has 0 aliphatic rings. The zero-order valence-corrected chi connectivity index (χ0v) is 69.3. The van der Waals surface area contributed by atoms with Crippen molar-refractivity contribution in [3.05, 3.63) is 129 Å². The van der Waals surface area contributed by atoms with E-state index in [4.69, 9.17) is 12.5 Å². The molecule has 0 fully saturated rings. The van der Waals surface area contributed by atoms with E-state index in [0.717, 1.165) is 42.1 Å². The largest absolute Gasteiger partial charge is 0.382 e. The minimum absolute atomic E-state index is 0.00559. The molecule has 63 heteroatoms. The van der Waals surface area contributed by atoms with Crippen LogP contribution in [0.5, 0.6) is 17.2 Å². The van der Waals surface area contributed by atoms with Crippen LogP contribution in [-0.2, 0) is 151 Å². The van der Waals surface area contributed by atoms with Crippen LogP contribution in [0.4, 0.5) is 23.3 Å². The Hall–Kier alpha value is -12.3. The molecule has 0 saturated carbocycles. The summed E-state index contributed by atoms with van der Waals surface area (Å²) in [7, 11) is -43.7. The number of nitrogens with zero attached hydrogens (tertiary/aromatic N) is 27. The maximum absolute atomic E-state index is 13.9. The van der Waals surface area contributed by atoms with Crippen LogP contribution < -0.4 is 12.5 Å². The molecule has 0 N–H and O–H groups in total. The Morgan fingerprint density at radius 2 is 0.317 bits per heavy atom. The number of aromatic nitrogens is 27. The Balaban J connectivity index is 0.766. The second-order valence-electron chi connectivity index (χ2n) is 26.3. The molecule has 0 amide bonds. The average Bonchev–Trinajstić information content (AvgIpc) is 1.57. The zero-order valence-electron chi connectivity index (χ0n) is 61.9. The van der Waals surface area contributed by atoms with Crippen molar-refractivity contribution in [1.82, 2.24) is 135 Å². The number of benzene rings is 4. The third kappa shape index (κ3) is 25.9. The SMILES string of the molecule is O=S(=O)(F)CCn1cc(-c2cc(OS(=O)(=O)CCn3cc(-c4cc(-c5cn(CCS(=O)(=O)Oc6cc(-c7cn(CCS(=O)(=O)F)nn7)cc(-c7cn(CCS(=O)(=O)F)nn7)c6)nn5)cc(-c5cn(CCS(=O)(=O)Oc6cc(-c7cn(CCS(=O)(=O)F)nn7)cc(-c7cn(CCS(=O)(=O)F)nn7)c6)nn5)c4)nn3)cc(-c3cn(CCS(=O)(=O)F)nn3)c2)nn1. The van der Waals surface area contributed by atoms with Crippen LogP contribution in [0.15, 0.2) is 129 Å². The van der Waals surface area contributed by atoms with Crippen molar-refractivity contribution in [3.63, 3.8) is 0 Å². The van der Waals surface area contributed by atoms with Crippen LogP contribution in [-0.4, -0.2) is 262 Å². The molecule has 9 heterocycles. The highest BCUT2D eigenvalue weighted by molar-refractivity contribution is 7.88. The molecule has 0 atom stereocenters. The summed E-state index contributed by atoms with van der Waals surface area (Å²) in [5.41, 5.74) is 1.26. The third-order valence-corrected chi connectivity index (χ3v) is 24.3. The molecule has 13 rings (SSSR count). The van der Waals surface area contributed by atoms with Crippen molar-refractivity contribution in [2.75, 3.05) is 51.8 Å². The standard InChI is InChI=1S/C60H57F6N27O21S9/c61-115(94,95)10-1-85-34-55(70-76-85)43-22-44(56-35-86(77-71-56)2-11-116(62,96)97)26-49(25-43)112-121(106,107)16-7-91-31-52(67-82-91)40-19-41(53-32-92(83-68-53)8-17-122(108,109)113-50-27-45(57-36-87(78-72-57)3-12-117(63,98)99)23-46(28-50)58-37-88(79-73-58)4-13-118(64,100)101)21-42(20-40)54-33-93(84-69-54)9-18-123(110,111)114-51-29-47(59-38-89(80-74-59)5-14-119(65,102)103)24-48(30-51)60-39-90(81-75-60)6-15-120(66,104)105/h19-39H,1-18H2. The van der Waals surface area contributed by atoms with Gasteiger partial charge in [0, 0.05) is 50.1 Å². The van der Waals surface area contributed by atoms with Gasteiger partial charge < -0.3 is 12.5 Å². The summed E-state index contributed by atoms with van der Waals surface area (Å²) < 4.78 is 326. The van der Waals surface area contributed by atoms with Gasteiger partial charge in [0.05, 0.1) is 149 Å². The van der Waals surface area contributed by atoms with E-state index >= 15 is 0 Å². The average molecular weight is 1890 g/mol. The van der Waals surface area contributed by atoms with Gasteiger partial charge >= 0.3 is 91.7 Å². The lowest BCUT2D eigenvalue weighted by atomic mass is 10.0. The van der Waals surface area contributed by atoms with Gasteiger partial charge in [-0.25, -0.2) is 0 Å². The fraction of sp³-hybridized carbons (Fsp3) is 0.300. The Morgan fingerprint density at radius 1 is 0.195 bits per heavy atom. The molecule has 0 saturated heterocycles. The molecule has 9 aromatic heterocycles. The van der Waals surface area contributed by atoms with Crippen molar-refractivity contribution in [3.8, 4) is 119 Å². The molecule has 0 spiro atoms. The van der Waals surface area contributed by atoms with Gasteiger partial charge in [-0.2, -0.15) is 75.8 Å². The molecule has 0 radical (unpaired) electrons. The lowest BCUT2D eigenvalue weighted by molar-refractivity contribution is 0.476. The molecule has 123 heavy (non-hydrogen) atoms. The van der Waals surface area contributed by atoms with Crippen LogP contribution in [0, 0.1) is 0 Å². The summed E-state index contributed by atoms with van der Waals surface area (Å²) in [5, 5.41) is 71.9. The lowest BCUT2D eigenvalue weighted by Gasteiger charge is -2.10. The monoisotopic (exact) mass is 1890 g/mol. The Bertz CT molecular complexity index is 6300. The van der Waals surface area contributed by atoms with Crippen molar-refractivity contribution in [1.29, 1.82) is 0 Å². The van der Waals surface area contributed by atoms with Gasteiger partial charge in [0.15, 0.2) is 0 Å². The number of hydrogen-bond donors (Lipinski definition) is 0. The van der Waals surface area contributed by atoms with Crippen LogP contribution in [0.1, 0.15) is 0 Å². The molecular weight excluding hydrogens is 1840 g/mol. The molecule has 654 valence electrons. The second kappa shape index (κ2) is 35.3. The van der Waals surface area contributed by atoms with Gasteiger partial charge in [-0.3, -0.25) is 42.1 Å². The Kier molecular flexibility index (Phi) is 25.4. The molecule has 0 unspecified atom stereocenters. The highest BCUT2D eigenvalue weighted by Crippen LogP contribution is 2.36. The molecule has 48 nitrogen and oxygen atoms in total. The van der Waals surface area contributed by atoms with E-state index in [2.05, 4.69) is 92.8 Å². The van der Waals surface area contributed by atoms with Crippen LogP contribution in [0.25, 0.3) is 101 Å². The minimum atomic E-state index is -4.95. The smallest absolute Gasteiger partial charge is 0.311 e. The third-order valence-electron chi connectivity index (χ3n) is 16.9. The van der Waals surface area contributed by atoms with E-state index in [-0.39, 0.29) is 119 Å². The van der Waals surface area contributed by atoms with Gasteiger partial charge in [-0.05, 0) is 72.8 Å². The van der Waals surface area contributed by atoms with Gasteiger partial charge in [-0.15, -0.1) is 69.2 Å². The predicted octanol–water partition coefficient (Wildman–Crippen LogP) is 1.04. The van der Waals surface area contributed by atoms with E-state index in [9.17, 15) is 99.1 Å². The van der Waals surface area contributed by atoms with E-state index in [1.165, 1.54) is 129 Å². The first-order chi connectivity index (χ1) is 57.6. The zero-order chi connectivity index (χ0) is 88.2. The number of rotatable bonds is 42. The lowest BCUT2D eigenvalue weighted by Crippen LogP contribution is -2.18. The second-order valence-corrected chi connectivity index (χ2v) is 40.3. The fourth-order valence-electron chi connectivity index (χ4n) is 11.2. The topological polar surface area (TPSA) is 611 Å². The molecule has 0 aliphatic carbocycles. The van der Waals surface area contributed by atoms with Crippen molar-refractivity contribution < 1.29 is 112 Å². The number of hydrogen-bond acceptors (Lipinski definition) is 39. The quantitative estimate of drug-likeness (QED) is 0.0293. The first-order valence-electron chi connectivity index (χ1n) is 34.7. The summed E-state index contributed by atoms with van der Waals surface area (Å²) in [6.07, 6.45) is 11.3. The maximum Gasteiger partial charge on any atom is 0.311 e. The summed E-state index contributed by atoms with van der Waals surface area (Å²) in [6.45, 7) is -4.24. The summed E-state index contributed by atoms with van der Waals surface area (Å²) >= 11 is 0. The Labute approximate surface area is 691 Å². The highest BCUT2D eigenvalue weighted by atomic mass is 32.3. The maximum atomic E-state index is 13.9. The van der Waals surface area contributed by atoms with E-state index < -0.39 is 202 Å². The van der Waals surface area contributed by atoms with Gasteiger partial charge in [0.25, 0.3) is 0 Å². The highest BCUT2D eigenvalue weighted by Gasteiger charge is 2.26. The summed E-state index contributed by atoms with van der Waals surface area (Å²) in [5.74, 6) is -9.38. The molecule has 4 aromatic carbocycles. The van der Waals surface area contributed by atoms with E-state index in [1.807, 2.05) is 0 Å². The van der Waals surface area contributed by atoms with Crippen molar-refractivity contribution in [2.45, 2.75) is 58.9 Å². The van der Waals surface area contributed by atoms with Crippen LogP contribution in [0.2, 0.25) is 0 Å². The van der Waals surface area contributed by atoms with Crippen molar-refractivity contribution in [2.24, 2.45) is 0 Å². The number of aryl methyl sites for hydroxylation is 9. The normalized spacial score (nSPS) is 12.8. The van der Waals surface area contributed by atoms with Gasteiger partial charge in [0.2, 0.25) is 0 Å². The fourth-order valence-corrected chi connectivity index (χ4v) is 16.2. The molecule has 13 aromatic rings. The molecule has 0 aliphatic heterocycles. The van der Waals surface area contributed by atoms with E-state index in [0.29, 0.717) is 0 Å². The predicted molar refractivity (Wildman–Crippen MR) is 410 cm³/mol. The number of halogens is 6. The summed E-state index contributed by atoms with van der Waals surface area (Å²) in [4.78, 5) is 0. The summed E-state index contributed by atoms with van der Waals surface area (Å²) in [6, 6.07) is 16.0.